The second kappa shape index (κ2) is 6.58. The molecule has 2 heteroatoms. The van der Waals surface area contributed by atoms with Gasteiger partial charge in [0.1, 0.15) is 0 Å². The Kier molecular flexibility index (Phi) is 5.30. The Hall–Kier alpha value is -0.0800. The zero-order chi connectivity index (χ0) is 13.9. The number of likely N-dealkylation sites (tertiary alicyclic amines) is 1. The molecule has 2 unspecified atom stereocenters. The molecule has 0 radical (unpaired) electrons. The highest BCUT2D eigenvalue weighted by Crippen LogP contribution is 2.28. The van der Waals surface area contributed by atoms with E-state index >= 15 is 0 Å². The minimum Gasteiger partial charge on any atom is -0.311 e. The van der Waals surface area contributed by atoms with Gasteiger partial charge in [0, 0.05) is 30.7 Å². The SMILES string of the molecule is CCC1CCCCC1NC1CCN(C(C)(C)C)CC1. The van der Waals surface area contributed by atoms with Gasteiger partial charge in [0.2, 0.25) is 0 Å². The predicted octanol–water partition coefficient (Wildman–Crippen LogP) is 3.81. The Balaban J connectivity index is 1.78. The number of hydrogen-bond acceptors (Lipinski definition) is 2. The summed E-state index contributed by atoms with van der Waals surface area (Å²) in [7, 11) is 0. The van der Waals surface area contributed by atoms with Gasteiger partial charge in [-0.05, 0) is 52.4 Å². The molecule has 1 heterocycles. The fraction of sp³-hybridized carbons (Fsp3) is 1.00. The normalized spacial score (nSPS) is 31.6. The lowest BCUT2D eigenvalue weighted by Crippen LogP contribution is -2.53. The van der Waals surface area contributed by atoms with Crippen LogP contribution in [0.1, 0.15) is 72.6 Å². The first-order valence-electron chi connectivity index (χ1n) is 8.52. The summed E-state index contributed by atoms with van der Waals surface area (Å²) in [6.45, 7) is 11.9. The van der Waals surface area contributed by atoms with Crippen LogP contribution < -0.4 is 5.32 Å². The summed E-state index contributed by atoms with van der Waals surface area (Å²) in [4.78, 5) is 2.64. The summed E-state index contributed by atoms with van der Waals surface area (Å²) in [5.74, 6) is 0.939. The Morgan fingerprint density at radius 3 is 2.21 bits per heavy atom. The molecule has 2 fully saturated rings. The van der Waals surface area contributed by atoms with E-state index in [1.807, 2.05) is 0 Å². The highest BCUT2D eigenvalue weighted by atomic mass is 15.2. The molecule has 1 N–H and O–H groups in total. The number of piperidine rings is 1. The van der Waals surface area contributed by atoms with Crippen molar-refractivity contribution in [2.75, 3.05) is 13.1 Å². The Morgan fingerprint density at radius 2 is 1.63 bits per heavy atom. The molecule has 0 aromatic carbocycles. The van der Waals surface area contributed by atoms with E-state index in [1.54, 1.807) is 0 Å². The zero-order valence-electron chi connectivity index (χ0n) is 13.5. The maximum Gasteiger partial charge on any atom is 0.0125 e. The average Bonchev–Trinajstić information content (AvgIpc) is 2.39. The Morgan fingerprint density at radius 1 is 1.00 bits per heavy atom. The molecule has 0 amide bonds. The zero-order valence-corrected chi connectivity index (χ0v) is 13.5. The van der Waals surface area contributed by atoms with Crippen LogP contribution in [0.15, 0.2) is 0 Å². The van der Waals surface area contributed by atoms with Crippen molar-refractivity contribution in [3.8, 4) is 0 Å². The van der Waals surface area contributed by atoms with E-state index in [4.69, 9.17) is 0 Å². The molecule has 2 nitrogen and oxygen atoms in total. The van der Waals surface area contributed by atoms with E-state index in [1.165, 1.54) is 58.0 Å². The van der Waals surface area contributed by atoms with Crippen LogP contribution in [-0.4, -0.2) is 35.6 Å². The highest BCUT2D eigenvalue weighted by molar-refractivity contribution is 4.88. The van der Waals surface area contributed by atoms with Gasteiger partial charge in [-0.15, -0.1) is 0 Å². The Bertz CT molecular complexity index is 261. The third-order valence-corrected chi connectivity index (χ3v) is 5.33. The predicted molar refractivity (Wildman–Crippen MR) is 83.5 cm³/mol. The molecule has 0 aromatic rings. The van der Waals surface area contributed by atoms with Crippen molar-refractivity contribution in [2.24, 2.45) is 5.92 Å². The number of rotatable bonds is 3. The average molecular weight is 266 g/mol. The smallest absolute Gasteiger partial charge is 0.0125 e. The summed E-state index contributed by atoms with van der Waals surface area (Å²) in [5.41, 5.74) is 0.349. The molecule has 2 atom stereocenters. The first-order valence-corrected chi connectivity index (χ1v) is 8.52. The molecule has 1 aliphatic heterocycles. The molecule has 1 saturated carbocycles. The van der Waals surface area contributed by atoms with Crippen molar-refractivity contribution >= 4 is 0 Å². The minimum atomic E-state index is 0.349. The molecule has 19 heavy (non-hydrogen) atoms. The van der Waals surface area contributed by atoms with E-state index in [9.17, 15) is 0 Å². The number of hydrogen-bond donors (Lipinski definition) is 1. The number of nitrogens with one attached hydrogen (secondary N) is 1. The van der Waals surface area contributed by atoms with Gasteiger partial charge in [-0.3, -0.25) is 4.90 Å². The maximum absolute atomic E-state index is 4.00. The largest absolute Gasteiger partial charge is 0.311 e. The summed E-state index contributed by atoms with van der Waals surface area (Å²) in [6, 6.07) is 1.58. The first kappa shape index (κ1) is 15.3. The van der Waals surface area contributed by atoms with Crippen molar-refractivity contribution in [3.63, 3.8) is 0 Å². The van der Waals surface area contributed by atoms with E-state index in [0.717, 1.165) is 18.0 Å². The molecule has 0 aromatic heterocycles. The highest BCUT2D eigenvalue weighted by Gasteiger charge is 2.30. The van der Waals surface area contributed by atoms with Crippen LogP contribution in [0.4, 0.5) is 0 Å². The summed E-state index contributed by atoms with van der Waals surface area (Å²) < 4.78 is 0. The lowest BCUT2D eigenvalue weighted by atomic mass is 9.82. The molecule has 112 valence electrons. The van der Waals surface area contributed by atoms with Crippen LogP contribution in [0, 0.1) is 5.92 Å². The van der Waals surface area contributed by atoms with Gasteiger partial charge >= 0.3 is 0 Å². The summed E-state index contributed by atoms with van der Waals surface area (Å²) >= 11 is 0. The van der Waals surface area contributed by atoms with Crippen LogP contribution in [-0.2, 0) is 0 Å². The number of nitrogens with zero attached hydrogens (tertiary/aromatic N) is 1. The maximum atomic E-state index is 4.00. The third kappa shape index (κ3) is 4.19. The van der Waals surface area contributed by atoms with Gasteiger partial charge in [0.05, 0.1) is 0 Å². The van der Waals surface area contributed by atoms with Gasteiger partial charge in [-0.1, -0.05) is 26.2 Å². The minimum absolute atomic E-state index is 0.349. The lowest BCUT2D eigenvalue weighted by molar-refractivity contribution is 0.0883. The van der Waals surface area contributed by atoms with Crippen molar-refractivity contribution in [2.45, 2.75) is 90.3 Å². The summed E-state index contributed by atoms with van der Waals surface area (Å²) in [5, 5.41) is 4.00. The fourth-order valence-corrected chi connectivity index (χ4v) is 3.94. The van der Waals surface area contributed by atoms with Crippen LogP contribution >= 0.6 is 0 Å². The van der Waals surface area contributed by atoms with Gasteiger partial charge in [-0.2, -0.15) is 0 Å². The van der Waals surface area contributed by atoms with Crippen LogP contribution in [0.2, 0.25) is 0 Å². The third-order valence-electron chi connectivity index (χ3n) is 5.33. The van der Waals surface area contributed by atoms with Crippen LogP contribution in [0.5, 0.6) is 0 Å². The Labute approximate surface area is 120 Å². The van der Waals surface area contributed by atoms with E-state index < -0.39 is 0 Å². The molecular formula is C17H34N2. The molecule has 1 aliphatic carbocycles. The van der Waals surface area contributed by atoms with Gasteiger partial charge in [0.15, 0.2) is 0 Å². The molecule has 1 saturated heterocycles. The van der Waals surface area contributed by atoms with Gasteiger partial charge in [-0.25, -0.2) is 0 Å². The monoisotopic (exact) mass is 266 g/mol. The van der Waals surface area contributed by atoms with E-state index in [0.29, 0.717) is 5.54 Å². The van der Waals surface area contributed by atoms with Gasteiger partial charge in [0.25, 0.3) is 0 Å². The summed E-state index contributed by atoms with van der Waals surface area (Å²) in [6.07, 6.45) is 9.80. The topological polar surface area (TPSA) is 15.3 Å². The van der Waals surface area contributed by atoms with Crippen LogP contribution in [0.25, 0.3) is 0 Å². The lowest BCUT2D eigenvalue weighted by Gasteiger charge is -2.43. The quantitative estimate of drug-likeness (QED) is 0.835. The van der Waals surface area contributed by atoms with Crippen molar-refractivity contribution in [3.05, 3.63) is 0 Å². The second-order valence-corrected chi connectivity index (χ2v) is 7.66. The first-order chi connectivity index (χ1) is 9.00. The fourth-order valence-electron chi connectivity index (χ4n) is 3.94. The van der Waals surface area contributed by atoms with Crippen LogP contribution in [0.3, 0.4) is 0 Å². The molecule has 0 spiro atoms. The van der Waals surface area contributed by atoms with E-state index in [2.05, 4.69) is 37.9 Å². The molecule has 2 aliphatic rings. The van der Waals surface area contributed by atoms with E-state index in [-0.39, 0.29) is 0 Å². The van der Waals surface area contributed by atoms with Crippen molar-refractivity contribution in [1.82, 2.24) is 10.2 Å². The van der Waals surface area contributed by atoms with Gasteiger partial charge < -0.3 is 5.32 Å². The standard InChI is InChI=1S/C17H34N2/c1-5-14-8-6-7-9-16(14)18-15-10-12-19(13-11-15)17(2,3)4/h14-16,18H,5-13H2,1-4H3. The van der Waals surface area contributed by atoms with Crippen molar-refractivity contribution in [1.29, 1.82) is 0 Å². The second-order valence-electron chi connectivity index (χ2n) is 7.66. The molecule has 0 bridgehead atoms. The van der Waals surface area contributed by atoms with Crippen molar-refractivity contribution < 1.29 is 0 Å². The molecular weight excluding hydrogens is 232 g/mol. The molecule has 2 rings (SSSR count).